The zero-order valence-electron chi connectivity index (χ0n) is 15.2. The molecule has 0 spiro atoms. The lowest BCUT2D eigenvalue weighted by atomic mass is 9.97. The minimum absolute atomic E-state index is 0.468. The number of hydrogen-bond donors (Lipinski definition) is 0. The van der Waals surface area contributed by atoms with E-state index >= 15 is 0 Å². The van der Waals surface area contributed by atoms with Crippen molar-refractivity contribution in [1.29, 1.82) is 0 Å². The van der Waals surface area contributed by atoms with Crippen LogP contribution in [0.15, 0.2) is 72.8 Å². The van der Waals surface area contributed by atoms with Crippen molar-refractivity contribution in [3.63, 3.8) is 0 Å². The van der Waals surface area contributed by atoms with Gasteiger partial charge in [0.2, 0.25) is 0 Å². The van der Waals surface area contributed by atoms with Gasteiger partial charge in [0, 0.05) is 11.1 Å². The standard InChI is InChI=1S/C23H21O3/c1-23(2,3)26-22(24)25-21-19(17-11-6-4-7-12-17)15-10-16-20(21)18-13-8-5-9-14-18/h4-9,11-16H,1-3H3. The minimum atomic E-state index is -0.724. The first-order valence-electron chi connectivity index (χ1n) is 8.50. The Morgan fingerprint density at radius 2 is 1.27 bits per heavy atom. The third kappa shape index (κ3) is 4.31. The number of ether oxygens (including phenoxy) is 2. The highest BCUT2D eigenvalue weighted by Gasteiger charge is 2.22. The summed E-state index contributed by atoms with van der Waals surface area (Å²) in [6.07, 6.45) is -0.724. The van der Waals surface area contributed by atoms with Gasteiger partial charge in [0.15, 0.2) is 0 Å². The van der Waals surface area contributed by atoms with Gasteiger partial charge in [-0.1, -0.05) is 60.7 Å². The van der Waals surface area contributed by atoms with Crippen LogP contribution in [0.25, 0.3) is 22.3 Å². The monoisotopic (exact) mass is 345 g/mol. The van der Waals surface area contributed by atoms with Crippen LogP contribution < -0.4 is 4.74 Å². The van der Waals surface area contributed by atoms with E-state index in [9.17, 15) is 4.79 Å². The lowest BCUT2D eigenvalue weighted by Crippen LogP contribution is -2.26. The Kier molecular flexibility index (Phi) is 5.08. The molecule has 3 heteroatoms. The van der Waals surface area contributed by atoms with E-state index in [1.54, 1.807) is 0 Å². The zero-order valence-corrected chi connectivity index (χ0v) is 15.2. The van der Waals surface area contributed by atoms with Crippen molar-refractivity contribution in [3.05, 3.63) is 78.9 Å². The Labute approximate surface area is 154 Å². The second kappa shape index (κ2) is 7.44. The second-order valence-corrected chi connectivity index (χ2v) is 6.91. The van der Waals surface area contributed by atoms with Crippen LogP contribution in [0.5, 0.6) is 5.75 Å². The average Bonchev–Trinajstić information content (AvgIpc) is 2.62. The SMILES string of the molecule is CC(C)(C)OC(=O)Oc1c(-c2ccccc2)c[c]cc1-c1ccccc1. The molecule has 3 rings (SSSR count). The first-order chi connectivity index (χ1) is 12.4. The molecular formula is C23H21O3. The molecule has 26 heavy (non-hydrogen) atoms. The van der Waals surface area contributed by atoms with Gasteiger partial charge in [-0.25, -0.2) is 4.79 Å². The molecule has 131 valence electrons. The summed E-state index contributed by atoms with van der Waals surface area (Å²) in [4.78, 5) is 12.3. The fraction of sp³-hybridized carbons (Fsp3) is 0.174. The number of benzene rings is 3. The maximum Gasteiger partial charge on any atom is 0.514 e. The molecule has 0 aliphatic carbocycles. The van der Waals surface area contributed by atoms with Crippen molar-refractivity contribution in [2.45, 2.75) is 26.4 Å². The predicted octanol–water partition coefficient (Wildman–Crippen LogP) is 6.13. The van der Waals surface area contributed by atoms with Crippen molar-refractivity contribution < 1.29 is 14.3 Å². The molecule has 0 saturated carbocycles. The quantitative estimate of drug-likeness (QED) is 0.423. The Morgan fingerprint density at radius 1 is 0.808 bits per heavy atom. The molecular weight excluding hydrogens is 324 g/mol. The summed E-state index contributed by atoms with van der Waals surface area (Å²) in [7, 11) is 0. The highest BCUT2D eigenvalue weighted by Crippen LogP contribution is 2.39. The van der Waals surface area contributed by atoms with Gasteiger partial charge in [0.25, 0.3) is 0 Å². The zero-order chi connectivity index (χ0) is 18.6. The summed E-state index contributed by atoms with van der Waals surface area (Å²) in [5.41, 5.74) is 2.84. The van der Waals surface area contributed by atoms with Crippen LogP contribution in [-0.2, 0) is 4.74 Å². The third-order valence-corrected chi connectivity index (χ3v) is 3.69. The summed E-state index contributed by atoms with van der Waals surface area (Å²) < 4.78 is 11.0. The minimum Gasteiger partial charge on any atom is -0.428 e. The van der Waals surface area contributed by atoms with Crippen molar-refractivity contribution in [1.82, 2.24) is 0 Å². The fourth-order valence-electron chi connectivity index (χ4n) is 2.61. The van der Waals surface area contributed by atoms with Crippen LogP contribution in [0.1, 0.15) is 20.8 Å². The van der Waals surface area contributed by atoms with Gasteiger partial charge in [-0.15, -0.1) is 0 Å². The van der Waals surface area contributed by atoms with Gasteiger partial charge in [-0.2, -0.15) is 0 Å². The van der Waals surface area contributed by atoms with E-state index in [0.717, 1.165) is 22.3 Å². The molecule has 0 amide bonds. The lowest BCUT2D eigenvalue weighted by molar-refractivity contribution is 0.0208. The molecule has 0 bridgehead atoms. The van der Waals surface area contributed by atoms with Crippen LogP contribution in [0, 0.1) is 6.07 Å². The van der Waals surface area contributed by atoms with E-state index in [1.165, 1.54) is 0 Å². The van der Waals surface area contributed by atoms with Crippen LogP contribution in [0.3, 0.4) is 0 Å². The van der Waals surface area contributed by atoms with Gasteiger partial charge >= 0.3 is 6.16 Å². The largest absolute Gasteiger partial charge is 0.514 e. The molecule has 3 aromatic rings. The molecule has 0 fully saturated rings. The Bertz CT molecular complexity index is 821. The first kappa shape index (κ1) is 17.7. The number of carbonyl (C=O) groups is 1. The summed E-state index contributed by atoms with van der Waals surface area (Å²) in [6.45, 7) is 5.43. The van der Waals surface area contributed by atoms with Gasteiger partial charge in [-0.05, 0) is 50.1 Å². The van der Waals surface area contributed by atoms with Crippen LogP contribution in [-0.4, -0.2) is 11.8 Å². The normalized spacial score (nSPS) is 11.0. The van der Waals surface area contributed by atoms with E-state index in [2.05, 4.69) is 6.07 Å². The topological polar surface area (TPSA) is 35.5 Å². The summed E-state index contributed by atoms with van der Waals surface area (Å²) >= 11 is 0. The smallest absolute Gasteiger partial charge is 0.428 e. The summed E-state index contributed by atoms with van der Waals surface area (Å²) in [6, 6.07) is 26.4. The maximum absolute atomic E-state index is 12.3. The van der Waals surface area contributed by atoms with Gasteiger partial charge in [0.05, 0.1) is 0 Å². The second-order valence-electron chi connectivity index (χ2n) is 6.91. The molecule has 3 nitrogen and oxygen atoms in total. The van der Waals surface area contributed by atoms with E-state index in [0.29, 0.717) is 5.75 Å². The van der Waals surface area contributed by atoms with Crippen molar-refractivity contribution >= 4 is 6.16 Å². The lowest BCUT2D eigenvalue weighted by Gasteiger charge is -2.20. The summed E-state index contributed by atoms with van der Waals surface area (Å²) in [5, 5.41) is 0. The van der Waals surface area contributed by atoms with E-state index in [-0.39, 0.29) is 0 Å². The van der Waals surface area contributed by atoms with Crippen LogP contribution >= 0.6 is 0 Å². The molecule has 0 unspecified atom stereocenters. The highest BCUT2D eigenvalue weighted by molar-refractivity contribution is 5.85. The van der Waals surface area contributed by atoms with E-state index in [4.69, 9.17) is 9.47 Å². The molecule has 0 aromatic heterocycles. The Morgan fingerprint density at radius 3 is 1.69 bits per heavy atom. The van der Waals surface area contributed by atoms with Gasteiger partial charge in [-0.3, -0.25) is 0 Å². The highest BCUT2D eigenvalue weighted by atomic mass is 16.7. The van der Waals surface area contributed by atoms with Crippen molar-refractivity contribution in [2.24, 2.45) is 0 Å². The summed E-state index contributed by atoms with van der Waals surface area (Å²) in [5.74, 6) is 0.468. The predicted molar refractivity (Wildman–Crippen MR) is 103 cm³/mol. The molecule has 1 radical (unpaired) electrons. The Hall–Kier alpha value is -3.07. The number of carbonyl (C=O) groups excluding carboxylic acids is 1. The number of hydrogen-bond acceptors (Lipinski definition) is 3. The van der Waals surface area contributed by atoms with E-state index in [1.807, 2.05) is 93.6 Å². The molecule has 0 atom stereocenters. The van der Waals surface area contributed by atoms with Gasteiger partial charge < -0.3 is 9.47 Å². The maximum atomic E-state index is 12.3. The fourth-order valence-corrected chi connectivity index (χ4v) is 2.61. The van der Waals surface area contributed by atoms with E-state index < -0.39 is 11.8 Å². The molecule has 0 heterocycles. The number of rotatable bonds is 3. The molecule has 0 aliphatic heterocycles. The van der Waals surface area contributed by atoms with Crippen LogP contribution in [0.2, 0.25) is 0 Å². The molecule has 0 aliphatic rings. The van der Waals surface area contributed by atoms with Crippen molar-refractivity contribution in [3.8, 4) is 28.0 Å². The molecule has 3 aromatic carbocycles. The third-order valence-electron chi connectivity index (χ3n) is 3.69. The van der Waals surface area contributed by atoms with Crippen molar-refractivity contribution in [2.75, 3.05) is 0 Å². The first-order valence-corrected chi connectivity index (χ1v) is 8.50. The van der Waals surface area contributed by atoms with Gasteiger partial charge in [0.1, 0.15) is 11.4 Å². The molecule has 0 saturated heterocycles. The molecule has 0 N–H and O–H groups in total. The Balaban J connectivity index is 2.10. The average molecular weight is 345 g/mol. The van der Waals surface area contributed by atoms with Crippen LogP contribution in [0.4, 0.5) is 4.79 Å².